The Morgan fingerprint density at radius 1 is 1.00 bits per heavy atom. The van der Waals surface area contributed by atoms with Crippen molar-refractivity contribution >= 4 is 21.6 Å². The van der Waals surface area contributed by atoms with E-state index in [0.717, 1.165) is 10.0 Å². The van der Waals surface area contributed by atoms with Crippen molar-refractivity contribution in [3.63, 3.8) is 0 Å². The van der Waals surface area contributed by atoms with Gasteiger partial charge in [0.15, 0.2) is 0 Å². The molecule has 76 valence electrons. The van der Waals surface area contributed by atoms with E-state index >= 15 is 0 Å². The minimum absolute atomic E-state index is 0.282. The van der Waals surface area contributed by atoms with Crippen molar-refractivity contribution in [2.45, 2.75) is 0 Å². The van der Waals surface area contributed by atoms with Crippen LogP contribution in [0.25, 0.3) is 11.1 Å². The van der Waals surface area contributed by atoms with Gasteiger partial charge in [-0.1, -0.05) is 34.1 Å². The first kappa shape index (κ1) is 10.2. The minimum atomic E-state index is -0.282. The molecule has 0 unspecified atom stereocenters. The van der Waals surface area contributed by atoms with E-state index in [-0.39, 0.29) is 5.82 Å². The molecule has 0 fully saturated rings. The second-order valence-corrected chi connectivity index (χ2v) is 4.07. The molecular weight excluding hydrogens is 257 g/mol. The SMILES string of the molecule is Nc1ccc(F)cc1-c1ccccc1Br. The molecule has 2 aromatic carbocycles. The van der Waals surface area contributed by atoms with Crippen molar-refractivity contribution in [3.05, 3.63) is 52.8 Å². The van der Waals surface area contributed by atoms with E-state index in [1.807, 2.05) is 24.3 Å². The molecule has 0 spiro atoms. The molecule has 2 N–H and O–H groups in total. The average molecular weight is 266 g/mol. The Morgan fingerprint density at radius 3 is 2.47 bits per heavy atom. The average Bonchev–Trinajstić information content (AvgIpc) is 2.23. The first-order valence-corrected chi connectivity index (χ1v) is 5.28. The van der Waals surface area contributed by atoms with E-state index in [9.17, 15) is 4.39 Å². The Balaban J connectivity index is 2.64. The normalized spacial score (nSPS) is 10.3. The van der Waals surface area contributed by atoms with E-state index in [0.29, 0.717) is 11.3 Å². The molecule has 0 saturated carbocycles. The van der Waals surface area contributed by atoms with Crippen molar-refractivity contribution in [1.82, 2.24) is 0 Å². The summed E-state index contributed by atoms with van der Waals surface area (Å²) in [6, 6.07) is 12.0. The highest BCUT2D eigenvalue weighted by Crippen LogP contribution is 2.32. The van der Waals surface area contributed by atoms with Gasteiger partial charge in [0.1, 0.15) is 5.82 Å². The molecule has 0 saturated heterocycles. The van der Waals surface area contributed by atoms with Gasteiger partial charge in [0.25, 0.3) is 0 Å². The Morgan fingerprint density at radius 2 is 1.73 bits per heavy atom. The molecule has 0 bridgehead atoms. The lowest BCUT2D eigenvalue weighted by molar-refractivity contribution is 0.628. The standard InChI is InChI=1S/C12H9BrFN/c13-11-4-2-1-3-9(11)10-7-8(14)5-6-12(10)15/h1-7H,15H2. The first-order chi connectivity index (χ1) is 7.18. The van der Waals surface area contributed by atoms with Crippen molar-refractivity contribution < 1.29 is 4.39 Å². The van der Waals surface area contributed by atoms with Crippen LogP contribution in [-0.4, -0.2) is 0 Å². The molecular formula is C12H9BrFN. The van der Waals surface area contributed by atoms with Gasteiger partial charge in [0.05, 0.1) is 0 Å². The molecule has 0 aliphatic heterocycles. The predicted octanol–water partition coefficient (Wildman–Crippen LogP) is 3.84. The zero-order valence-corrected chi connectivity index (χ0v) is 9.46. The van der Waals surface area contributed by atoms with E-state index in [2.05, 4.69) is 15.9 Å². The number of benzene rings is 2. The molecule has 1 nitrogen and oxygen atoms in total. The van der Waals surface area contributed by atoms with Crippen LogP contribution in [0.2, 0.25) is 0 Å². The molecule has 0 atom stereocenters. The zero-order valence-electron chi connectivity index (χ0n) is 7.87. The van der Waals surface area contributed by atoms with Gasteiger partial charge in [-0.05, 0) is 29.8 Å². The molecule has 0 aromatic heterocycles. The second kappa shape index (κ2) is 4.03. The topological polar surface area (TPSA) is 26.0 Å². The summed E-state index contributed by atoms with van der Waals surface area (Å²) in [7, 11) is 0. The Kier molecular flexibility index (Phi) is 2.73. The number of rotatable bonds is 1. The lowest BCUT2D eigenvalue weighted by Gasteiger charge is -2.07. The maximum Gasteiger partial charge on any atom is 0.123 e. The third kappa shape index (κ3) is 2.02. The molecule has 2 rings (SSSR count). The summed E-state index contributed by atoms with van der Waals surface area (Å²) < 4.78 is 14.0. The van der Waals surface area contributed by atoms with Crippen LogP contribution in [0.5, 0.6) is 0 Å². The largest absolute Gasteiger partial charge is 0.398 e. The Bertz CT molecular complexity index is 497. The Hall–Kier alpha value is -1.35. The highest BCUT2D eigenvalue weighted by molar-refractivity contribution is 9.10. The fourth-order valence-electron chi connectivity index (χ4n) is 1.44. The highest BCUT2D eigenvalue weighted by atomic mass is 79.9. The first-order valence-electron chi connectivity index (χ1n) is 4.48. The van der Waals surface area contributed by atoms with E-state index in [1.54, 1.807) is 6.07 Å². The van der Waals surface area contributed by atoms with Crippen molar-refractivity contribution in [2.24, 2.45) is 0 Å². The van der Waals surface area contributed by atoms with Crippen LogP contribution < -0.4 is 5.73 Å². The predicted molar refractivity (Wildman–Crippen MR) is 63.9 cm³/mol. The highest BCUT2D eigenvalue weighted by Gasteiger charge is 2.06. The summed E-state index contributed by atoms with van der Waals surface area (Å²) in [5.41, 5.74) is 7.98. The van der Waals surface area contributed by atoms with Crippen molar-refractivity contribution in [2.75, 3.05) is 5.73 Å². The summed E-state index contributed by atoms with van der Waals surface area (Å²) in [5.74, 6) is -0.282. The summed E-state index contributed by atoms with van der Waals surface area (Å²) in [4.78, 5) is 0. The summed E-state index contributed by atoms with van der Waals surface area (Å²) in [5, 5.41) is 0. The lowest BCUT2D eigenvalue weighted by atomic mass is 10.0. The van der Waals surface area contributed by atoms with Gasteiger partial charge in [-0.15, -0.1) is 0 Å². The van der Waals surface area contributed by atoms with Crippen LogP contribution in [-0.2, 0) is 0 Å². The van der Waals surface area contributed by atoms with Crippen molar-refractivity contribution in [3.8, 4) is 11.1 Å². The lowest BCUT2D eigenvalue weighted by Crippen LogP contribution is -1.91. The molecule has 0 heterocycles. The quantitative estimate of drug-likeness (QED) is 0.780. The number of nitrogens with two attached hydrogens (primary N) is 1. The monoisotopic (exact) mass is 265 g/mol. The maximum absolute atomic E-state index is 13.1. The molecule has 0 aliphatic carbocycles. The summed E-state index contributed by atoms with van der Waals surface area (Å²) in [6.45, 7) is 0. The molecule has 0 aliphatic rings. The van der Waals surface area contributed by atoms with E-state index < -0.39 is 0 Å². The molecule has 0 radical (unpaired) electrons. The molecule has 3 heteroatoms. The smallest absolute Gasteiger partial charge is 0.123 e. The molecule has 15 heavy (non-hydrogen) atoms. The molecule has 2 aromatic rings. The van der Waals surface area contributed by atoms with E-state index in [4.69, 9.17) is 5.73 Å². The van der Waals surface area contributed by atoms with Crippen LogP contribution in [0.15, 0.2) is 46.9 Å². The third-order valence-electron chi connectivity index (χ3n) is 2.18. The van der Waals surface area contributed by atoms with Gasteiger partial charge < -0.3 is 5.73 Å². The summed E-state index contributed by atoms with van der Waals surface area (Å²) >= 11 is 3.41. The van der Waals surface area contributed by atoms with Crippen LogP contribution in [0.4, 0.5) is 10.1 Å². The van der Waals surface area contributed by atoms with Gasteiger partial charge >= 0.3 is 0 Å². The number of halogens is 2. The van der Waals surface area contributed by atoms with E-state index in [1.165, 1.54) is 12.1 Å². The van der Waals surface area contributed by atoms with Crippen LogP contribution in [0.3, 0.4) is 0 Å². The van der Waals surface area contributed by atoms with Gasteiger partial charge in [-0.2, -0.15) is 0 Å². The van der Waals surface area contributed by atoms with Gasteiger partial charge in [0.2, 0.25) is 0 Å². The van der Waals surface area contributed by atoms with Crippen LogP contribution >= 0.6 is 15.9 Å². The number of hydrogen-bond acceptors (Lipinski definition) is 1. The van der Waals surface area contributed by atoms with Crippen LogP contribution in [0.1, 0.15) is 0 Å². The maximum atomic E-state index is 13.1. The number of anilines is 1. The van der Waals surface area contributed by atoms with Crippen molar-refractivity contribution in [1.29, 1.82) is 0 Å². The Labute approximate surface area is 95.9 Å². The minimum Gasteiger partial charge on any atom is -0.398 e. The van der Waals surface area contributed by atoms with Gasteiger partial charge in [0, 0.05) is 15.7 Å². The fraction of sp³-hybridized carbons (Fsp3) is 0. The number of hydrogen-bond donors (Lipinski definition) is 1. The second-order valence-electron chi connectivity index (χ2n) is 3.21. The summed E-state index contributed by atoms with van der Waals surface area (Å²) in [6.07, 6.45) is 0. The zero-order chi connectivity index (χ0) is 10.8. The van der Waals surface area contributed by atoms with Gasteiger partial charge in [-0.25, -0.2) is 4.39 Å². The third-order valence-corrected chi connectivity index (χ3v) is 2.87. The van der Waals surface area contributed by atoms with Crippen LogP contribution in [0, 0.1) is 5.82 Å². The molecule has 0 amide bonds. The fourth-order valence-corrected chi connectivity index (χ4v) is 1.94. The van der Waals surface area contributed by atoms with Gasteiger partial charge in [-0.3, -0.25) is 0 Å². The number of nitrogen functional groups attached to an aromatic ring is 1.